The van der Waals surface area contributed by atoms with Gasteiger partial charge in [-0.15, -0.1) is 0 Å². The van der Waals surface area contributed by atoms with Crippen LogP contribution in [0.4, 0.5) is 4.39 Å². The molecule has 1 atom stereocenters. The lowest BCUT2D eigenvalue weighted by molar-refractivity contribution is -0.142. The molecule has 104 valence electrons. The zero-order chi connectivity index (χ0) is 14.9. The van der Waals surface area contributed by atoms with Crippen LogP contribution in [0.25, 0.3) is 6.08 Å². The molecule has 4 nitrogen and oxygen atoms in total. The third-order valence-electron chi connectivity index (χ3n) is 2.93. The van der Waals surface area contributed by atoms with E-state index in [0.29, 0.717) is 0 Å². The Balaban J connectivity index is 2.53. The quantitative estimate of drug-likeness (QED) is 0.673. The minimum absolute atomic E-state index is 0.0444. The van der Waals surface area contributed by atoms with Crippen molar-refractivity contribution in [1.29, 1.82) is 0 Å². The van der Waals surface area contributed by atoms with Gasteiger partial charge in [0.05, 0.1) is 12.1 Å². The highest BCUT2D eigenvalue weighted by atomic mass is 35.5. The smallest absolute Gasteiger partial charge is 0.319 e. The van der Waals surface area contributed by atoms with Crippen LogP contribution in [0.5, 0.6) is 0 Å². The summed E-state index contributed by atoms with van der Waals surface area (Å²) in [6.07, 6.45) is 1.24. The van der Waals surface area contributed by atoms with Crippen LogP contribution in [-0.2, 0) is 14.3 Å². The lowest BCUT2D eigenvalue weighted by Crippen LogP contribution is -2.17. The van der Waals surface area contributed by atoms with Crippen LogP contribution in [0.1, 0.15) is 5.56 Å². The Hall–Kier alpha value is -2.14. The van der Waals surface area contributed by atoms with Gasteiger partial charge in [0.1, 0.15) is 11.7 Å². The zero-order valence-corrected chi connectivity index (χ0v) is 11.3. The number of esters is 1. The van der Waals surface area contributed by atoms with E-state index in [-0.39, 0.29) is 21.9 Å². The van der Waals surface area contributed by atoms with E-state index in [9.17, 15) is 14.0 Å². The molecule has 0 bridgehead atoms. The number of carbonyl (C=O) groups is 2. The fourth-order valence-electron chi connectivity index (χ4n) is 1.95. The van der Waals surface area contributed by atoms with E-state index in [1.165, 1.54) is 31.4 Å². The summed E-state index contributed by atoms with van der Waals surface area (Å²) >= 11 is 5.90. The minimum Gasteiger partial charge on any atom is -0.468 e. The molecule has 0 spiro atoms. The van der Waals surface area contributed by atoms with Crippen LogP contribution in [0, 0.1) is 11.7 Å². The Kier molecular flexibility index (Phi) is 3.90. The van der Waals surface area contributed by atoms with Gasteiger partial charge in [-0.05, 0) is 18.2 Å². The van der Waals surface area contributed by atoms with Gasteiger partial charge in [0.25, 0.3) is 5.91 Å². The first-order valence-electron chi connectivity index (χ1n) is 5.69. The molecular weight excluding hydrogens is 285 g/mol. The Morgan fingerprint density at radius 2 is 2.25 bits per heavy atom. The molecule has 0 unspecified atom stereocenters. The van der Waals surface area contributed by atoms with Gasteiger partial charge >= 0.3 is 5.97 Å². The Bertz CT molecular complexity index is 619. The van der Waals surface area contributed by atoms with Gasteiger partial charge in [0.15, 0.2) is 0 Å². The summed E-state index contributed by atoms with van der Waals surface area (Å²) in [5, 5.41) is 2.57. The van der Waals surface area contributed by atoms with Crippen molar-refractivity contribution in [3.63, 3.8) is 0 Å². The van der Waals surface area contributed by atoms with Gasteiger partial charge in [-0.1, -0.05) is 24.2 Å². The number of ether oxygens (including phenoxy) is 1. The molecule has 1 saturated heterocycles. The maximum absolute atomic E-state index is 13.7. The average molecular weight is 296 g/mol. The maximum atomic E-state index is 13.7. The fraction of sp³-hybridized carbons (Fsp3) is 0.143. The van der Waals surface area contributed by atoms with Crippen molar-refractivity contribution in [3.8, 4) is 0 Å². The van der Waals surface area contributed by atoms with Crippen LogP contribution >= 0.6 is 11.6 Å². The van der Waals surface area contributed by atoms with E-state index in [0.717, 1.165) is 0 Å². The third kappa shape index (κ3) is 2.44. The zero-order valence-electron chi connectivity index (χ0n) is 10.6. The first kappa shape index (κ1) is 14.3. The van der Waals surface area contributed by atoms with Gasteiger partial charge in [0.2, 0.25) is 0 Å². The molecule has 1 aromatic carbocycles. The minimum atomic E-state index is -0.969. The summed E-state index contributed by atoms with van der Waals surface area (Å²) in [6, 6.07) is 4.16. The number of nitrogens with one attached hydrogen (secondary N) is 1. The standard InChI is InChI=1S/C14H11ClFNO3/c1-7-12(14(19)20-2)9(13(18)17-7)6-8-10(15)4-3-5-11(8)16/h3-6,12H,1H2,2H3,(H,17,18)/b9-6+/t12-/m1/s1. The Morgan fingerprint density at radius 3 is 2.85 bits per heavy atom. The number of methoxy groups -OCH3 is 1. The van der Waals surface area contributed by atoms with Crippen molar-refractivity contribution in [2.45, 2.75) is 0 Å². The molecule has 0 aromatic heterocycles. The van der Waals surface area contributed by atoms with Gasteiger partial charge < -0.3 is 10.1 Å². The second-order valence-corrected chi connectivity index (χ2v) is 4.58. The molecule has 6 heteroatoms. The molecule has 1 fully saturated rings. The molecule has 0 saturated carbocycles. The summed E-state index contributed by atoms with van der Waals surface area (Å²) in [7, 11) is 1.20. The number of hydrogen-bond acceptors (Lipinski definition) is 3. The first-order valence-corrected chi connectivity index (χ1v) is 6.07. The van der Waals surface area contributed by atoms with Crippen molar-refractivity contribution in [3.05, 3.63) is 52.5 Å². The van der Waals surface area contributed by atoms with Gasteiger partial charge in [-0.2, -0.15) is 0 Å². The third-order valence-corrected chi connectivity index (χ3v) is 3.26. The Morgan fingerprint density at radius 1 is 1.55 bits per heavy atom. The number of halogens is 2. The van der Waals surface area contributed by atoms with E-state index < -0.39 is 23.6 Å². The molecule has 1 amide bonds. The number of carbonyl (C=O) groups excluding carboxylic acids is 2. The monoisotopic (exact) mass is 295 g/mol. The molecule has 1 heterocycles. The van der Waals surface area contributed by atoms with Crippen molar-refractivity contribution in [2.24, 2.45) is 5.92 Å². The summed E-state index contributed by atoms with van der Waals surface area (Å²) in [4.78, 5) is 23.5. The van der Waals surface area contributed by atoms with Crippen LogP contribution in [0.3, 0.4) is 0 Å². The normalized spacial score (nSPS) is 20.1. The highest BCUT2D eigenvalue weighted by molar-refractivity contribution is 6.32. The van der Waals surface area contributed by atoms with Crippen LogP contribution in [0.2, 0.25) is 5.02 Å². The van der Waals surface area contributed by atoms with Crippen LogP contribution < -0.4 is 5.32 Å². The highest BCUT2D eigenvalue weighted by Crippen LogP contribution is 2.30. The van der Waals surface area contributed by atoms with Crippen molar-refractivity contribution in [2.75, 3.05) is 7.11 Å². The number of hydrogen-bond donors (Lipinski definition) is 1. The van der Waals surface area contributed by atoms with E-state index >= 15 is 0 Å². The molecule has 0 radical (unpaired) electrons. The highest BCUT2D eigenvalue weighted by Gasteiger charge is 2.38. The topological polar surface area (TPSA) is 55.4 Å². The SMILES string of the molecule is C=C1NC(=O)/C(=C/c2c(F)cccc2Cl)[C@@H]1C(=O)OC. The Labute approximate surface area is 119 Å². The van der Waals surface area contributed by atoms with Crippen molar-refractivity contribution < 1.29 is 18.7 Å². The molecule has 0 aliphatic carbocycles. The van der Waals surface area contributed by atoms with E-state index in [4.69, 9.17) is 11.6 Å². The van der Waals surface area contributed by atoms with Gasteiger partial charge in [-0.25, -0.2) is 4.39 Å². The fourth-order valence-corrected chi connectivity index (χ4v) is 2.17. The average Bonchev–Trinajstić information content (AvgIpc) is 2.67. The van der Waals surface area contributed by atoms with Gasteiger partial charge in [-0.3, -0.25) is 9.59 Å². The largest absolute Gasteiger partial charge is 0.468 e. The summed E-state index contributed by atoms with van der Waals surface area (Å²) in [5.74, 6) is -2.72. The number of rotatable bonds is 2. The summed E-state index contributed by atoms with van der Waals surface area (Å²) in [5.41, 5.74) is 0.289. The predicted molar refractivity (Wildman–Crippen MR) is 72.2 cm³/mol. The van der Waals surface area contributed by atoms with E-state index in [2.05, 4.69) is 16.6 Å². The maximum Gasteiger partial charge on any atom is 0.319 e. The van der Waals surface area contributed by atoms with Crippen LogP contribution in [-0.4, -0.2) is 19.0 Å². The van der Waals surface area contributed by atoms with Gasteiger partial charge in [0, 0.05) is 16.8 Å². The van der Waals surface area contributed by atoms with E-state index in [1.54, 1.807) is 0 Å². The second-order valence-electron chi connectivity index (χ2n) is 4.17. The molecular formula is C14H11ClFNO3. The molecule has 1 aliphatic rings. The molecule has 1 aromatic rings. The summed E-state index contributed by atoms with van der Waals surface area (Å²) in [6.45, 7) is 3.59. The lowest BCUT2D eigenvalue weighted by Gasteiger charge is -2.09. The molecule has 1 aliphatic heterocycles. The summed E-state index contributed by atoms with van der Waals surface area (Å²) < 4.78 is 18.4. The molecule has 20 heavy (non-hydrogen) atoms. The van der Waals surface area contributed by atoms with Crippen LogP contribution in [0.15, 0.2) is 36.0 Å². The van der Waals surface area contributed by atoms with E-state index in [1.807, 2.05) is 0 Å². The number of benzene rings is 1. The molecule has 1 N–H and O–H groups in total. The lowest BCUT2D eigenvalue weighted by atomic mass is 9.97. The molecule has 2 rings (SSSR count). The van der Waals surface area contributed by atoms with Crippen molar-refractivity contribution in [1.82, 2.24) is 5.32 Å². The first-order chi connectivity index (χ1) is 9.45. The number of amides is 1. The van der Waals surface area contributed by atoms with Crippen molar-refractivity contribution >= 4 is 29.6 Å². The second kappa shape index (κ2) is 5.46. The predicted octanol–water partition coefficient (Wildman–Crippen LogP) is 2.30.